The monoisotopic (exact) mass is 431 g/mol. The molecule has 0 aliphatic carbocycles. The summed E-state index contributed by atoms with van der Waals surface area (Å²) in [4.78, 5) is 13.8. The van der Waals surface area contributed by atoms with Gasteiger partial charge in [-0.15, -0.1) is 11.8 Å². The van der Waals surface area contributed by atoms with E-state index in [0.717, 1.165) is 11.1 Å². The van der Waals surface area contributed by atoms with Crippen molar-refractivity contribution >= 4 is 33.9 Å². The van der Waals surface area contributed by atoms with Crippen LogP contribution in [0.1, 0.15) is 24.0 Å². The van der Waals surface area contributed by atoms with E-state index in [4.69, 9.17) is 0 Å². The Morgan fingerprint density at radius 2 is 1.72 bits per heavy atom. The van der Waals surface area contributed by atoms with Gasteiger partial charge in [-0.05, 0) is 55.9 Å². The molecule has 1 saturated heterocycles. The highest BCUT2D eigenvalue weighted by molar-refractivity contribution is 7.98. The van der Waals surface area contributed by atoms with Crippen LogP contribution >= 0.6 is 11.8 Å². The summed E-state index contributed by atoms with van der Waals surface area (Å²) in [6.07, 6.45) is 4.59. The lowest BCUT2D eigenvalue weighted by Gasteiger charge is -2.30. The normalized spacial score (nSPS) is 16.2. The van der Waals surface area contributed by atoms with Crippen molar-refractivity contribution < 1.29 is 13.2 Å². The second-order valence-electron chi connectivity index (χ2n) is 7.00. The van der Waals surface area contributed by atoms with Crippen LogP contribution in [-0.2, 0) is 14.8 Å². The number of aryl methyl sites for hydroxylation is 1. The minimum absolute atomic E-state index is 0.172. The van der Waals surface area contributed by atoms with Gasteiger partial charge in [-0.2, -0.15) is 9.41 Å². The SMILES string of the molecule is CSc1ccc(/C=N/NC(=O)C2CCN(S(=O)(=O)c3ccc(C)cc3)CC2)cc1. The van der Waals surface area contributed by atoms with Crippen LogP contribution in [0.2, 0.25) is 0 Å². The average molecular weight is 432 g/mol. The molecule has 1 fully saturated rings. The van der Waals surface area contributed by atoms with Crippen LogP contribution in [0.25, 0.3) is 0 Å². The standard InChI is InChI=1S/C21H25N3O3S2/c1-16-3-9-20(10-4-16)29(26,27)24-13-11-18(12-14-24)21(25)23-22-15-17-5-7-19(28-2)8-6-17/h3-10,15,18H,11-14H2,1-2H3,(H,23,25)/b22-15+. The largest absolute Gasteiger partial charge is 0.273 e. The van der Waals surface area contributed by atoms with Crippen LogP contribution in [0.5, 0.6) is 0 Å². The molecule has 0 atom stereocenters. The molecule has 1 aliphatic rings. The first-order valence-corrected chi connectivity index (χ1v) is 12.1. The zero-order valence-corrected chi connectivity index (χ0v) is 18.2. The molecule has 1 aliphatic heterocycles. The van der Waals surface area contributed by atoms with Gasteiger partial charge in [0, 0.05) is 23.9 Å². The van der Waals surface area contributed by atoms with Gasteiger partial charge < -0.3 is 0 Å². The van der Waals surface area contributed by atoms with Crippen molar-refractivity contribution in [2.45, 2.75) is 29.6 Å². The van der Waals surface area contributed by atoms with Crippen LogP contribution in [0.3, 0.4) is 0 Å². The number of nitrogens with zero attached hydrogens (tertiary/aromatic N) is 2. The summed E-state index contributed by atoms with van der Waals surface area (Å²) in [5.41, 5.74) is 4.50. The Hall–Kier alpha value is -2.16. The van der Waals surface area contributed by atoms with E-state index in [1.54, 1.807) is 42.2 Å². The molecule has 0 aromatic heterocycles. The van der Waals surface area contributed by atoms with Crippen molar-refractivity contribution in [1.82, 2.24) is 9.73 Å². The first-order valence-electron chi connectivity index (χ1n) is 9.44. The summed E-state index contributed by atoms with van der Waals surface area (Å²) in [6, 6.07) is 14.7. The number of hydrogen-bond donors (Lipinski definition) is 1. The summed E-state index contributed by atoms with van der Waals surface area (Å²) in [5.74, 6) is -0.412. The Morgan fingerprint density at radius 1 is 1.10 bits per heavy atom. The molecule has 2 aromatic carbocycles. The van der Waals surface area contributed by atoms with Crippen molar-refractivity contribution in [2.24, 2.45) is 11.0 Å². The maximum atomic E-state index is 12.8. The first-order chi connectivity index (χ1) is 13.9. The smallest absolute Gasteiger partial charge is 0.243 e. The summed E-state index contributed by atoms with van der Waals surface area (Å²) < 4.78 is 27.0. The van der Waals surface area contributed by atoms with Gasteiger partial charge in [0.2, 0.25) is 15.9 Å². The molecule has 2 aromatic rings. The van der Waals surface area contributed by atoms with E-state index in [-0.39, 0.29) is 11.8 Å². The molecular weight excluding hydrogens is 406 g/mol. The highest BCUT2D eigenvalue weighted by Gasteiger charge is 2.31. The number of hydrazone groups is 1. The number of carbonyl (C=O) groups is 1. The van der Waals surface area contributed by atoms with E-state index in [9.17, 15) is 13.2 Å². The van der Waals surface area contributed by atoms with Gasteiger partial charge in [-0.25, -0.2) is 13.8 Å². The van der Waals surface area contributed by atoms with Gasteiger partial charge in [0.05, 0.1) is 11.1 Å². The number of carbonyl (C=O) groups excluding carboxylic acids is 1. The van der Waals surface area contributed by atoms with Gasteiger partial charge in [-0.3, -0.25) is 4.79 Å². The Kier molecular flexibility index (Phi) is 7.10. The zero-order valence-electron chi connectivity index (χ0n) is 16.5. The van der Waals surface area contributed by atoms with E-state index in [1.165, 1.54) is 9.20 Å². The van der Waals surface area contributed by atoms with E-state index < -0.39 is 10.0 Å². The van der Waals surface area contributed by atoms with Crippen LogP contribution in [-0.4, -0.2) is 44.2 Å². The van der Waals surface area contributed by atoms with Gasteiger partial charge >= 0.3 is 0 Å². The van der Waals surface area contributed by atoms with Gasteiger partial charge in [0.1, 0.15) is 0 Å². The van der Waals surface area contributed by atoms with Crippen molar-refractivity contribution in [3.05, 3.63) is 59.7 Å². The molecular formula is C21H25N3O3S2. The molecule has 29 heavy (non-hydrogen) atoms. The van der Waals surface area contributed by atoms with E-state index >= 15 is 0 Å². The predicted octanol–water partition coefficient (Wildman–Crippen LogP) is 3.27. The molecule has 0 saturated carbocycles. The van der Waals surface area contributed by atoms with E-state index in [0.29, 0.717) is 30.8 Å². The lowest BCUT2D eigenvalue weighted by Crippen LogP contribution is -2.42. The second kappa shape index (κ2) is 9.56. The molecule has 8 heteroatoms. The molecule has 0 radical (unpaired) electrons. The fourth-order valence-electron chi connectivity index (χ4n) is 3.17. The quantitative estimate of drug-likeness (QED) is 0.433. The van der Waals surface area contributed by atoms with Crippen molar-refractivity contribution in [3.8, 4) is 0 Å². The number of sulfonamides is 1. The first kappa shape index (κ1) is 21.5. The van der Waals surface area contributed by atoms with Crippen molar-refractivity contribution in [3.63, 3.8) is 0 Å². The highest BCUT2D eigenvalue weighted by atomic mass is 32.2. The minimum Gasteiger partial charge on any atom is -0.273 e. The lowest BCUT2D eigenvalue weighted by atomic mass is 9.98. The van der Waals surface area contributed by atoms with Crippen molar-refractivity contribution in [1.29, 1.82) is 0 Å². The molecule has 6 nitrogen and oxygen atoms in total. The fraction of sp³-hybridized carbons (Fsp3) is 0.333. The Balaban J connectivity index is 1.52. The predicted molar refractivity (Wildman–Crippen MR) is 117 cm³/mol. The number of piperidine rings is 1. The summed E-state index contributed by atoms with van der Waals surface area (Å²) >= 11 is 1.66. The van der Waals surface area contributed by atoms with Crippen LogP contribution in [0.15, 0.2) is 63.4 Å². The van der Waals surface area contributed by atoms with Gasteiger partial charge in [0.25, 0.3) is 0 Å². The third-order valence-electron chi connectivity index (χ3n) is 4.99. The topological polar surface area (TPSA) is 78.8 Å². The number of benzene rings is 2. The number of thioether (sulfide) groups is 1. The molecule has 1 amide bonds. The van der Waals surface area contributed by atoms with E-state index in [1.807, 2.05) is 37.4 Å². The van der Waals surface area contributed by atoms with E-state index in [2.05, 4.69) is 10.5 Å². The number of hydrogen-bond acceptors (Lipinski definition) is 5. The number of rotatable bonds is 6. The highest BCUT2D eigenvalue weighted by Crippen LogP contribution is 2.24. The third-order valence-corrected chi connectivity index (χ3v) is 7.64. The molecule has 154 valence electrons. The summed E-state index contributed by atoms with van der Waals surface area (Å²) in [7, 11) is -3.52. The Labute approximate surface area is 176 Å². The van der Waals surface area contributed by atoms with Crippen LogP contribution in [0.4, 0.5) is 0 Å². The van der Waals surface area contributed by atoms with Crippen molar-refractivity contribution in [2.75, 3.05) is 19.3 Å². The number of amides is 1. The summed E-state index contributed by atoms with van der Waals surface area (Å²) in [5, 5.41) is 4.03. The maximum absolute atomic E-state index is 12.8. The van der Waals surface area contributed by atoms with Crippen LogP contribution < -0.4 is 5.43 Å². The second-order valence-corrected chi connectivity index (χ2v) is 9.82. The molecule has 3 rings (SSSR count). The molecule has 0 unspecified atom stereocenters. The molecule has 1 N–H and O–H groups in total. The minimum atomic E-state index is -3.52. The Morgan fingerprint density at radius 3 is 2.31 bits per heavy atom. The Bertz CT molecular complexity index is 963. The van der Waals surface area contributed by atoms with Gasteiger partial charge in [0.15, 0.2) is 0 Å². The molecule has 0 spiro atoms. The number of nitrogens with one attached hydrogen (secondary N) is 1. The lowest BCUT2D eigenvalue weighted by molar-refractivity contribution is -0.126. The van der Waals surface area contributed by atoms with Crippen LogP contribution in [0, 0.1) is 12.8 Å². The molecule has 0 bridgehead atoms. The molecule has 1 heterocycles. The average Bonchev–Trinajstić information content (AvgIpc) is 2.74. The fourth-order valence-corrected chi connectivity index (χ4v) is 5.05. The zero-order chi connectivity index (χ0) is 20.9. The third kappa shape index (κ3) is 5.46. The van der Waals surface area contributed by atoms with Gasteiger partial charge in [-0.1, -0.05) is 29.8 Å². The maximum Gasteiger partial charge on any atom is 0.243 e. The summed E-state index contributed by atoms with van der Waals surface area (Å²) in [6.45, 7) is 2.57.